The summed E-state index contributed by atoms with van der Waals surface area (Å²) < 4.78 is 39.6. The zero-order chi connectivity index (χ0) is 14.3. The van der Waals surface area contributed by atoms with E-state index >= 15 is 0 Å². The summed E-state index contributed by atoms with van der Waals surface area (Å²) in [5.74, 6) is 4.60. The number of nitrogens with one attached hydrogen (secondary N) is 1. The van der Waals surface area contributed by atoms with Crippen LogP contribution in [0.15, 0.2) is 23.1 Å². The van der Waals surface area contributed by atoms with Crippen molar-refractivity contribution in [2.75, 3.05) is 13.2 Å². The van der Waals surface area contributed by atoms with E-state index in [9.17, 15) is 12.8 Å². The van der Waals surface area contributed by atoms with E-state index in [0.29, 0.717) is 13.0 Å². The second-order valence-electron chi connectivity index (χ2n) is 3.81. The summed E-state index contributed by atoms with van der Waals surface area (Å²) in [6, 6.07) is 3.35. The van der Waals surface area contributed by atoms with Crippen LogP contribution < -0.4 is 4.72 Å². The summed E-state index contributed by atoms with van der Waals surface area (Å²) in [6.45, 7) is 2.02. The highest BCUT2D eigenvalue weighted by molar-refractivity contribution is 7.89. The first-order valence-electron chi connectivity index (χ1n) is 5.90. The summed E-state index contributed by atoms with van der Waals surface area (Å²) in [7, 11) is -3.69. The van der Waals surface area contributed by atoms with Crippen molar-refractivity contribution in [2.45, 2.75) is 24.7 Å². The molecule has 0 spiro atoms. The van der Waals surface area contributed by atoms with Crippen molar-refractivity contribution in [1.29, 1.82) is 0 Å². The van der Waals surface area contributed by atoms with Crippen LogP contribution in [0.1, 0.15) is 25.3 Å². The fourth-order valence-electron chi connectivity index (χ4n) is 1.36. The van der Waals surface area contributed by atoms with E-state index in [2.05, 4.69) is 16.6 Å². The lowest BCUT2D eigenvalue weighted by molar-refractivity contribution is 0.305. The van der Waals surface area contributed by atoms with Gasteiger partial charge in [-0.3, -0.25) is 0 Å². The van der Waals surface area contributed by atoms with Gasteiger partial charge in [-0.25, -0.2) is 17.5 Å². The van der Waals surface area contributed by atoms with Crippen LogP contribution in [0.5, 0.6) is 0 Å². The van der Waals surface area contributed by atoms with Gasteiger partial charge in [-0.2, -0.15) is 0 Å². The van der Waals surface area contributed by atoms with Crippen LogP contribution >= 0.6 is 0 Å². The van der Waals surface area contributed by atoms with E-state index in [1.807, 2.05) is 6.92 Å². The van der Waals surface area contributed by atoms with Gasteiger partial charge in [-0.05, 0) is 24.6 Å². The van der Waals surface area contributed by atoms with Gasteiger partial charge >= 0.3 is 0 Å². The zero-order valence-electron chi connectivity index (χ0n) is 10.6. The molecule has 104 valence electrons. The third-order valence-corrected chi connectivity index (χ3v) is 3.75. The first-order valence-corrected chi connectivity index (χ1v) is 7.38. The SMILES string of the molecule is CCCNS(=O)(=O)c1ccc(F)cc1C#CCCO. The summed E-state index contributed by atoms with van der Waals surface area (Å²) in [4.78, 5) is -0.0483. The van der Waals surface area contributed by atoms with Crippen LogP contribution in [0, 0.1) is 17.7 Å². The van der Waals surface area contributed by atoms with Crippen molar-refractivity contribution in [3.05, 3.63) is 29.6 Å². The van der Waals surface area contributed by atoms with Crippen LogP contribution in [-0.2, 0) is 10.0 Å². The summed E-state index contributed by atoms with van der Waals surface area (Å²) in [6.07, 6.45) is 0.865. The molecule has 0 saturated carbocycles. The van der Waals surface area contributed by atoms with Gasteiger partial charge in [-0.15, -0.1) is 0 Å². The quantitative estimate of drug-likeness (QED) is 0.800. The second-order valence-corrected chi connectivity index (χ2v) is 5.55. The molecule has 1 aromatic rings. The third-order valence-electron chi connectivity index (χ3n) is 2.23. The molecule has 0 amide bonds. The van der Waals surface area contributed by atoms with E-state index in [4.69, 9.17) is 5.11 Å². The van der Waals surface area contributed by atoms with E-state index in [1.54, 1.807) is 0 Å². The van der Waals surface area contributed by atoms with Crippen molar-refractivity contribution in [3.8, 4) is 11.8 Å². The molecule has 0 aromatic heterocycles. The van der Waals surface area contributed by atoms with Crippen molar-refractivity contribution in [2.24, 2.45) is 0 Å². The van der Waals surface area contributed by atoms with Gasteiger partial charge in [0.25, 0.3) is 0 Å². The average molecular weight is 285 g/mol. The molecule has 2 N–H and O–H groups in total. The van der Waals surface area contributed by atoms with Crippen LogP contribution in [0.4, 0.5) is 4.39 Å². The van der Waals surface area contributed by atoms with Gasteiger partial charge in [-0.1, -0.05) is 18.8 Å². The predicted molar refractivity (Wildman–Crippen MR) is 70.5 cm³/mol. The number of aliphatic hydroxyl groups excluding tert-OH is 1. The Hall–Kier alpha value is -1.42. The number of sulfonamides is 1. The van der Waals surface area contributed by atoms with Gasteiger partial charge in [0.1, 0.15) is 5.82 Å². The van der Waals surface area contributed by atoms with E-state index < -0.39 is 15.8 Å². The monoisotopic (exact) mass is 285 g/mol. The third kappa shape index (κ3) is 4.63. The topological polar surface area (TPSA) is 66.4 Å². The highest BCUT2D eigenvalue weighted by Gasteiger charge is 2.17. The lowest BCUT2D eigenvalue weighted by Gasteiger charge is -2.07. The standard InChI is InChI=1S/C13H16FNO3S/c1-2-8-15-19(17,18)13-7-6-12(14)10-11(13)5-3-4-9-16/h6-7,10,15-16H,2,4,8-9H2,1H3. The molecule has 0 aliphatic rings. The van der Waals surface area contributed by atoms with E-state index in [-0.39, 0.29) is 23.5 Å². The molecule has 19 heavy (non-hydrogen) atoms. The molecule has 4 nitrogen and oxygen atoms in total. The normalized spacial score (nSPS) is 10.9. The number of hydrogen-bond acceptors (Lipinski definition) is 3. The molecule has 0 unspecified atom stereocenters. The Labute approximate surface area is 112 Å². The van der Waals surface area contributed by atoms with E-state index in [0.717, 1.165) is 12.1 Å². The smallest absolute Gasteiger partial charge is 0.241 e. The zero-order valence-corrected chi connectivity index (χ0v) is 11.4. The molecule has 0 radical (unpaired) electrons. The fourth-order valence-corrected chi connectivity index (χ4v) is 2.64. The van der Waals surface area contributed by atoms with Crippen molar-refractivity contribution in [3.63, 3.8) is 0 Å². The van der Waals surface area contributed by atoms with E-state index in [1.165, 1.54) is 6.07 Å². The molecule has 0 saturated heterocycles. The molecule has 0 aliphatic heterocycles. The van der Waals surface area contributed by atoms with Gasteiger partial charge < -0.3 is 5.11 Å². The fraction of sp³-hybridized carbons (Fsp3) is 0.385. The first-order chi connectivity index (χ1) is 9.01. The molecule has 0 atom stereocenters. The molecule has 0 heterocycles. The minimum atomic E-state index is -3.69. The number of benzene rings is 1. The molecule has 0 fully saturated rings. The van der Waals surface area contributed by atoms with Gasteiger partial charge in [0.05, 0.1) is 11.5 Å². The minimum absolute atomic E-state index is 0.0483. The number of hydrogen-bond donors (Lipinski definition) is 2. The van der Waals surface area contributed by atoms with Crippen molar-refractivity contribution >= 4 is 10.0 Å². The maximum Gasteiger partial charge on any atom is 0.241 e. The molecular formula is C13H16FNO3S. The Morgan fingerprint density at radius 2 is 2.16 bits per heavy atom. The minimum Gasteiger partial charge on any atom is -0.395 e. The summed E-state index contributed by atoms with van der Waals surface area (Å²) in [5.41, 5.74) is 0.0945. The number of rotatable bonds is 5. The van der Waals surface area contributed by atoms with Gasteiger partial charge in [0.2, 0.25) is 10.0 Å². The van der Waals surface area contributed by atoms with Gasteiger partial charge in [0, 0.05) is 18.5 Å². The number of aliphatic hydroxyl groups is 1. The van der Waals surface area contributed by atoms with Crippen LogP contribution in [-0.4, -0.2) is 26.7 Å². The van der Waals surface area contributed by atoms with Gasteiger partial charge in [0.15, 0.2) is 0 Å². The number of halogens is 1. The molecule has 1 rings (SSSR count). The molecule has 0 bridgehead atoms. The Kier molecular flexibility index (Phi) is 5.96. The highest BCUT2D eigenvalue weighted by Crippen LogP contribution is 2.16. The average Bonchev–Trinajstić information content (AvgIpc) is 2.36. The first kappa shape index (κ1) is 15.6. The largest absolute Gasteiger partial charge is 0.395 e. The van der Waals surface area contributed by atoms with Crippen LogP contribution in [0.2, 0.25) is 0 Å². The lowest BCUT2D eigenvalue weighted by Crippen LogP contribution is -2.25. The summed E-state index contributed by atoms with van der Waals surface area (Å²) in [5, 5.41) is 8.64. The summed E-state index contributed by atoms with van der Waals surface area (Å²) >= 11 is 0. The Morgan fingerprint density at radius 1 is 1.42 bits per heavy atom. The Balaban J connectivity index is 3.17. The Morgan fingerprint density at radius 3 is 2.79 bits per heavy atom. The van der Waals surface area contributed by atoms with Crippen LogP contribution in [0.25, 0.3) is 0 Å². The van der Waals surface area contributed by atoms with Crippen LogP contribution in [0.3, 0.4) is 0 Å². The molecule has 0 aliphatic carbocycles. The molecular weight excluding hydrogens is 269 g/mol. The lowest BCUT2D eigenvalue weighted by atomic mass is 10.2. The maximum atomic E-state index is 13.2. The van der Waals surface area contributed by atoms with Crippen molar-refractivity contribution in [1.82, 2.24) is 4.72 Å². The van der Waals surface area contributed by atoms with Crippen molar-refractivity contribution < 1.29 is 17.9 Å². The molecule has 1 aromatic carbocycles. The maximum absolute atomic E-state index is 13.2. The Bertz CT molecular complexity index is 588. The molecule has 6 heteroatoms. The second kappa shape index (κ2) is 7.24. The predicted octanol–water partition coefficient (Wildman–Crippen LogP) is 1.25. The highest BCUT2D eigenvalue weighted by atomic mass is 32.2.